The summed E-state index contributed by atoms with van der Waals surface area (Å²) in [6, 6.07) is 3.54. The highest BCUT2D eigenvalue weighted by atomic mass is 16.7. The predicted octanol–water partition coefficient (Wildman–Crippen LogP) is 2.94. The van der Waals surface area contributed by atoms with Crippen LogP contribution >= 0.6 is 0 Å². The Morgan fingerprint density at radius 2 is 1.85 bits per heavy atom. The second-order valence-electron chi connectivity index (χ2n) is 4.71. The van der Waals surface area contributed by atoms with Gasteiger partial charge in [-0.1, -0.05) is 6.42 Å². The fourth-order valence-electron chi connectivity index (χ4n) is 2.20. The summed E-state index contributed by atoms with van der Waals surface area (Å²) >= 11 is 0. The Morgan fingerprint density at radius 3 is 2.45 bits per heavy atom. The van der Waals surface area contributed by atoms with Crippen molar-refractivity contribution >= 4 is 12.1 Å². The minimum absolute atomic E-state index is 0.0494. The molecule has 2 N–H and O–H groups in total. The molecule has 0 saturated heterocycles. The van der Waals surface area contributed by atoms with E-state index in [0.717, 1.165) is 38.2 Å². The molecule has 6 nitrogen and oxygen atoms in total. The van der Waals surface area contributed by atoms with E-state index in [1.807, 2.05) is 0 Å². The Morgan fingerprint density at radius 1 is 1.15 bits per heavy atom. The summed E-state index contributed by atoms with van der Waals surface area (Å²) in [4.78, 5) is 22.3. The van der Waals surface area contributed by atoms with Crippen molar-refractivity contribution in [3.05, 3.63) is 23.8 Å². The van der Waals surface area contributed by atoms with E-state index in [4.69, 9.17) is 14.6 Å². The van der Waals surface area contributed by atoms with Crippen LogP contribution in [-0.4, -0.2) is 28.4 Å². The highest BCUT2D eigenvalue weighted by Gasteiger charge is 2.19. The van der Waals surface area contributed by atoms with Crippen LogP contribution in [0.25, 0.3) is 0 Å². The average molecular weight is 280 g/mol. The minimum atomic E-state index is -1.25. The number of phenols is 1. The van der Waals surface area contributed by atoms with E-state index < -0.39 is 17.9 Å². The van der Waals surface area contributed by atoms with E-state index in [2.05, 4.69) is 0 Å². The molecular weight excluding hydrogens is 264 g/mol. The van der Waals surface area contributed by atoms with Crippen molar-refractivity contribution in [3.8, 4) is 11.5 Å². The smallest absolute Gasteiger partial charge is 0.507 e. The number of carboxylic acid groups (broad SMARTS) is 1. The number of carboxylic acids is 1. The first-order chi connectivity index (χ1) is 9.56. The van der Waals surface area contributed by atoms with Gasteiger partial charge in [0.1, 0.15) is 23.2 Å². The van der Waals surface area contributed by atoms with Gasteiger partial charge in [-0.2, -0.15) is 0 Å². The second kappa shape index (κ2) is 6.27. The molecule has 0 atom stereocenters. The van der Waals surface area contributed by atoms with Gasteiger partial charge in [-0.15, -0.1) is 0 Å². The molecule has 20 heavy (non-hydrogen) atoms. The van der Waals surface area contributed by atoms with Crippen LogP contribution in [0.3, 0.4) is 0 Å². The molecule has 1 aromatic carbocycles. The van der Waals surface area contributed by atoms with Gasteiger partial charge in [0.05, 0.1) is 0 Å². The van der Waals surface area contributed by atoms with Gasteiger partial charge in [-0.05, 0) is 37.8 Å². The average Bonchev–Trinajstić information content (AvgIpc) is 2.39. The van der Waals surface area contributed by atoms with E-state index in [1.54, 1.807) is 0 Å². The molecule has 108 valence electrons. The van der Waals surface area contributed by atoms with Crippen LogP contribution in [-0.2, 0) is 4.74 Å². The van der Waals surface area contributed by atoms with Crippen molar-refractivity contribution in [1.82, 2.24) is 0 Å². The van der Waals surface area contributed by atoms with Crippen molar-refractivity contribution in [3.63, 3.8) is 0 Å². The molecule has 0 amide bonds. The number of carbonyl (C=O) groups excluding carboxylic acids is 1. The minimum Gasteiger partial charge on any atom is -0.507 e. The molecule has 0 aliphatic heterocycles. The summed E-state index contributed by atoms with van der Waals surface area (Å²) in [5, 5.41) is 18.2. The fourth-order valence-corrected chi connectivity index (χ4v) is 2.20. The summed E-state index contributed by atoms with van der Waals surface area (Å²) < 4.78 is 10.1. The fraction of sp³-hybridized carbons (Fsp3) is 0.429. The maximum Gasteiger partial charge on any atom is 0.514 e. The third kappa shape index (κ3) is 3.63. The van der Waals surface area contributed by atoms with Gasteiger partial charge in [0.25, 0.3) is 0 Å². The zero-order chi connectivity index (χ0) is 14.5. The number of ether oxygens (including phenoxy) is 2. The molecule has 1 fully saturated rings. The number of hydrogen-bond donors (Lipinski definition) is 2. The Hall–Kier alpha value is -2.24. The molecule has 2 rings (SSSR count). The van der Waals surface area contributed by atoms with Crippen molar-refractivity contribution in [2.24, 2.45) is 0 Å². The van der Waals surface area contributed by atoms with Crippen molar-refractivity contribution in [2.45, 2.75) is 38.2 Å². The quantitative estimate of drug-likeness (QED) is 0.653. The third-order valence-corrected chi connectivity index (χ3v) is 3.22. The lowest BCUT2D eigenvalue weighted by atomic mass is 9.98. The van der Waals surface area contributed by atoms with E-state index in [1.165, 1.54) is 12.1 Å². The van der Waals surface area contributed by atoms with Gasteiger partial charge in [-0.25, -0.2) is 9.59 Å². The lowest BCUT2D eigenvalue weighted by Gasteiger charge is -2.21. The summed E-state index contributed by atoms with van der Waals surface area (Å²) in [5.41, 5.74) is -0.252. The molecule has 0 aromatic heterocycles. The van der Waals surface area contributed by atoms with E-state index >= 15 is 0 Å². The normalized spacial score (nSPS) is 15.6. The summed E-state index contributed by atoms with van der Waals surface area (Å²) in [5.74, 6) is -1.66. The highest BCUT2D eigenvalue weighted by molar-refractivity contribution is 5.91. The largest absolute Gasteiger partial charge is 0.514 e. The van der Waals surface area contributed by atoms with Crippen molar-refractivity contribution in [1.29, 1.82) is 0 Å². The molecule has 0 bridgehead atoms. The number of benzene rings is 1. The van der Waals surface area contributed by atoms with Gasteiger partial charge < -0.3 is 19.7 Å². The standard InChI is InChI=1S/C14H16O6/c15-12-8-10(6-7-11(12)13(16)17)20-14(18)19-9-4-2-1-3-5-9/h6-9,15H,1-5H2,(H,16,17). The lowest BCUT2D eigenvalue weighted by Crippen LogP contribution is -2.23. The van der Waals surface area contributed by atoms with Crippen LogP contribution in [0, 0.1) is 0 Å². The van der Waals surface area contributed by atoms with Crippen LogP contribution in [0.15, 0.2) is 18.2 Å². The molecular formula is C14H16O6. The van der Waals surface area contributed by atoms with Gasteiger partial charge in [0.2, 0.25) is 0 Å². The number of aromatic hydroxyl groups is 1. The van der Waals surface area contributed by atoms with Crippen molar-refractivity contribution < 1.29 is 29.3 Å². The zero-order valence-corrected chi connectivity index (χ0v) is 10.9. The monoisotopic (exact) mass is 280 g/mol. The number of carbonyl (C=O) groups is 2. The summed E-state index contributed by atoms with van der Waals surface area (Å²) in [6.07, 6.45) is 3.93. The molecule has 0 spiro atoms. The van der Waals surface area contributed by atoms with Gasteiger partial charge in [0.15, 0.2) is 0 Å². The van der Waals surface area contributed by atoms with Crippen LogP contribution < -0.4 is 4.74 Å². The third-order valence-electron chi connectivity index (χ3n) is 3.22. The van der Waals surface area contributed by atoms with Crippen molar-refractivity contribution in [2.75, 3.05) is 0 Å². The maximum absolute atomic E-state index is 11.6. The molecule has 1 aliphatic rings. The SMILES string of the molecule is O=C(Oc1ccc(C(=O)O)c(O)c1)OC1CCCCC1. The maximum atomic E-state index is 11.6. The molecule has 1 saturated carbocycles. The van der Waals surface area contributed by atoms with Gasteiger partial charge in [0, 0.05) is 6.07 Å². The lowest BCUT2D eigenvalue weighted by molar-refractivity contribution is 0.0416. The highest BCUT2D eigenvalue weighted by Crippen LogP contribution is 2.25. The molecule has 6 heteroatoms. The molecule has 0 unspecified atom stereocenters. The van der Waals surface area contributed by atoms with E-state index in [-0.39, 0.29) is 17.4 Å². The first-order valence-corrected chi connectivity index (χ1v) is 6.51. The van der Waals surface area contributed by atoms with E-state index in [0.29, 0.717) is 0 Å². The number of hydrogen-bond acceptors (Lipinski definition) is 5. The Bertz CT molecular complexity index is 504. The van der Waals surface area contributed by atoms with Crippen LogP contribution in [0.1, 0.15) is 42.5 Å². The van der Waals surface area contributed by atoms with Gasteiger partial charge in [-0.3, -0.25) is 0 Å². The second-order valence-corrected chi connectivity index (χ2v) is 4.71. The summed E-state index contributed by atoms with van der Waals surface area (Å²) in [6.45, 7) is 0. The zero-order valence-electron chi connectivity index (χ0n) is 10.9. The Kier molecular flexibility index (Phi) is 4.45. The topological polar surface area (TPSA) is 93.1 Å². The number of aromatic carboxylic acids is 1. The molecule has 1 aromatic rings. The Balaban J connectivity index is 1.93. The first kappa shape index (κ1) is 14.2. The van der Waals surface area contributed by atoms with E-state index in [9.17, 15) is 14.7 Å². The van der Waals surface area contributed by atoms with Crippen LogP contribution in [0.5, 0.6) is 11.5 Å². The van der Waals surface area contributed by atoms with Crippen LogP contribution in [0.2, 0.25) is 0 Å². The molecule has 0 heterocycles. The predicted molar refractivity (Wildman–Crippen MR) is 69.0 cm³/mol. The van der Waals surface area contributed by atoms with Gasteiger partial charge >= 0.3 is 12.1 Å². The summed E-state index contributed by atoms with van der Waals surface area (Å²) in [7, 11) is 0. The molecule has 1 aliphatic carbocycles. The number of rotatable bonds is 3. The first-order valence-electron chi connectivity index (χ1n) is 6.51. The van der Waals surface area contributed by atoms with Crippen LogP contribution in [0.4, 0.5) is 4.79 Å². The molecule has 0 radical (unpaired) electrons. The Labute approximate surface area is 115 Å².